The number of hydrogen-bond donors (Lipinski definition) is 1. The Bertz CT molecular complexity index is 989. The van der Waals surface area contributed by atoms with Crippen molar-refractivity contribution in [1.29, 1.82) is 0 Å². The fourth-order valence-corrected chi connectivity index (χ4v) is 3.39. The highest BCUT2D eigenvalue weighted by molar-refractivity contribution is 5.92. The van der Waals surface area contributed by atoms with Crippen LogP contribution >= 0.6 is 0 Å². The Labute approximate surface area is 180 Å². The number of hydrogen-bond acceptors (Lipinski definition) is 7. The molecule has 164 valence electrons. The fourth-order valence-electron chi connectivity index (χ4n) is 3.39. The minimum absolute atomic E-state index is 0.0568. The first kappa shape index (κ1) is 22.3. The monoisotopic (exact) mass is 427 g/mol. The summed E-state index contributed by atoms with van der Waals surface area (Å²) in [6, 6.07) is 10.4. The predicted octanol–water partition coefficient (Wildman–Crippen LogP) is 2.90. The summed E-state index contributed by atoms with van der Waals surface area (Å²) in [7, 11) is 5.46. The zero-order valence-corrected chi connectivity index (χ0v) is 17.7. The van der Waals surface area contributed by atoms with Gasteiger partial charge in [0.15, 0.2) is 6.79 Å². The van der Waals surface area contributed by atoms with Crippen LogP contribution in [0.4, 0.5) is 5.69 Å². The number of likely N-dealkylation sites (N-methyl/N-ethyl adjacent to an activating group) is 1. The number of nitrogens with one attached hydrogen (secondary N) is 1. The molecule has 31 heavy (non-hydrogen) atoms. The van der Waals surface area contributed by atoms with Gasteiger partial charge in [-0.05, 0) is 26.2 Å². The van der Waals surface area contributed by atoms with Gasteiger partial charge in [0, 0.05) is 41.4 Å². The van der Waals surface area contributed by atoms with Crippen LogP contribution in [0.1, 0.15) is 22.7 Å². The molecule has 9 nitrogen and oxygen atoms in total. The van der Waals surface area contributed by atoms with E-state index in [2.05, 4.69) is 5.32 Å². The molecule has 0 spiro atoms. The van der Waals surface area contributed by atoms with Crippen molar-refractivity contribution in [2.24, 2.45) is 0 Å². The van der Waals surface area contributed by atoms with Crippen molar-refractivity contribution in [1.82, 2.24) is 10.2 Å². The number of carbonyl (C=O) groups is 1. The van der Waals surface area contributed by atoms with Crippen molar-refractivity contribution >= 4 is 17.7 Å². The van der Waals surface area contributed by atoms with Crippen LogP contribution in [0.15, 0.2) is 42.5 Å². The zero-order chi connectivity index (χ0) is 22.4. The standard InChI is InChI=1S/C22H25N3O6/c1-24(2)19(18-6-4-5-7-20(18)29-3)12-23-21(26)9-8-15-10-17(25(27)28)11-16-13-30-14-31-22(15)16/h4-11,19H,12-14H2,1-3H3,(H,23,26)/b9-8+. The van der Waals surface area contributed by atoms with Crippen LogP contribution in [0.2, 0.25) is 0 Å². The van der Waals surface area contributed by atoms with Gasteiger partial charge in [0.25, 0.3) is 5.69 Å². The van der Waals surface area contributed by atoms with Crippen LogP contribution in [-0.4, -0.2) is 50.3 Å². The topological polar surface area (TPSA) is 103 Å². The minimum Gasteiger partial charge on any atom is -0.496 e. The molecule has 0 saturated carbocycles. The SMILES string of the molecule is COc1ccccc1C(CNC(=O)/C=C/c1cc([N+](=O)[O-])cc2c1OCOC2)N(C)C. The van der Waals surface area contributed by atoms with Gasteiger partial charge in [0.05, 0.1) is 24.7 Å². The van der Waals surface area contributed by atoms with Gasteiger partial charge in [-0.3, -0.25) is 14.9 Å². The van der Waals surface area contributed by atoms with E-state index in [-0.39, 0.29) is 31.0 Å². The van der Waals surface area contributed by atoms with Gasteiger partial charge in [-0.15, -0.1) is 0 Å². The summed E-state index contributed by atoms with van der Waals surface area (Å²) in [6.45, 7) is 0.628. The fraction of sp³-hybridized carbons (Fsp3) is 0.318. The Kier molecular flexibility index (Phi) is 7.22. The van der Waals surface area contributed by atoms with Crippen LogP contribution in [0.5, 0.6) is 11.5 Å². The van der Waals surface area contributed by atoms with Gasteiger partial charge in [-0.1, -0.05) is 18.2 Å². The van der Waals surface area contributed by atoms with Crippen molar-refractivity contribution in [2.45, 2.75) is 12.6 Å². The summed E-state index contributed by atoms with van der Waals surface area (Å²) in [5, 5.41) is 14.1. The number of nitrogens with zero attached hydrogens (tertiary/aromatic N) is 2. The molecule has 1 unspecified atom stereocenters. The highest BCUT2D eigenvalue weighted by Crippen LogP contribution is 2.33. The Morgan fingerprint density at radius 1 is 1.35 bits per heavy atom. The van der Waals surface area contributed by atoms with E-state index in [4.69, 9.17) is 14.2 Å². The molecule has 0 fully saturated rings. The van der Waals surface area contributed by atoms with Crippen LogP contribution in [0.25, 0.3) is 6.08 Å². The van der Waals surface area contributed by atoms with Gasteiger partial charge in [0.2, 0.25) is 5.91 Å². The number of fused-ring (bicyclic) bond motifs is 1. The molecule has 9 heteroatoms. The van der Waals surface area contributed by atoms with Gasteiger partial charge < -0.3 is 24.4 Å². The first-order valence-corrected chi connectivity index (χ1v) is 9.67. The van der Waals surface area contributed by atoms with E-state index in [9.17, 15) is 14.9 Å². The molecule has 1 heterocycles. The minimum atomic E-state index is -0.485. The number of ether oxygens (including phenoxy) is 3. The smallest absolute Gasteiger partial charge is 0.270 e. The van der Waals surface area contributed by atoms with E-state index >= 15 is 0 Å². The third-order valence-corrected chi connectivity index (χ3v) is 4.94. The second kappa shape index (κ2) is 10.1. The van der Waals surface area contributed by atoms with Crippen LogP contribution in [-0.2, 0) is 16.1 Å². The lowest BCUT2D eigenvalue weighted by molar-refractivity contribution is -0.385. The number of non-ortho nitro benzene ring substituents is 1. The lowest BCUT2D eigenvalue weighted by Crippen LogP contribution is -2.34. The average Bonchev–Trinajstić information content (AvgIpc) is 2.77. The summed E-state index contributed by atoms with van der Waals surface area (Å²) in [5.41, 5.74) is 1.90. The zero-order valence-electron chi connectivity index (χ0n) is 17.7. The summed E-state index contributed by atoms with van der Waals surface area (Å²) in [5.74, 6) is 0.906. The molecule has 1 aliphatic rings. The third-order valence-electron chi connectivity index (χ3n) is 4.94. The molecule has 1 N–H and O–H groups in total. The number of para-hydroxylation sites is 1. The number of methoxy groups -OCH3 is 1. The normalized spacial score (nSPS) is 14.1. The summed E-state index contributed by atoms with van der Waals surface area (Å²) < 4.78 is 16.1. The second-order valence-electron chi connectivity index (χ2n) is 7.19. The third kappa shape index (κ3) is 5.39. The molecule has 2 aromatic rings. The van der Waals surface area contributed by atoms with Crippen molar-refractivity contribution < 1.29 is 23.9 Å². The van der Waals surface area contributed by atoms with Crippen LogP contribution in [0.3, 0.4) is 0 Å². The first-order chi connectivity index (χ1) is 14.9. The lowest BCUT2D eigenvalue weighted by Gasteiger charge is -2.26. The van der Waals surface area contributed by atoms with E-state index in [0.29, 0.717) is 23.4 Å². The molecule has 0 saturated heterocycles. The van der Waals surface area contributed by atoms with Gasteiger partial charge in [0.1, 0.15) is 11.5 Å². The van der Waals surface area contributed by atoms with E-state index < -0.39 is 4.92 Å². The molecule has 0 aliphatic carbocycles. The number of nitro benzene ring substituents is 1. The molecule has 0 aromatic heterocycles. The maximum atomic E-state index is 12.5. The number of nitro groups is 1. The lowest BCUT2D eigenvalue weighted by atomic mass is 10.0. The number of benzene rings is 2. The Morgan fingerprint density at radius 2 is 2.13 bits per heavy atom. The molecular weight excluding hydrogens is 402 g/mol. The highest BCUT2D eigenvalue weighted by atomic mass is 16.7. The van der Waals surface area contributed by atoms with Crippen molar-refractivity contribution in [2.75, 3.05) is 34.5 Å². The second-order valence-corrected chi connectivity index (χ2v) is 7.19. The maximum absolute atomic E-state index is 12.5. The van der Waals surface area contributed by atoms with Gasteiger partial charge >= 0.3 is 0 Å². The largest absolute Gasteiger partial charge is 0.496 e. The van der Waals surface area contributed by atoms with Crippen LogP contribution in [0, 0.1) is 10.1 Å². The molecule has 0 radical (unpaired) electrons. The Morgan fingerprint density at radius 3 is 2.84 bits per heavy atom. The summed E-state index contributed by atoms with van der Waals surface area (Å²) >= 11 is 0. The van der Waals surface area contributed by atoms with Crippen molar-refractivity contribution in [3.63, 3.8) is 0 Å². The van der Waals surface area contributed by atoms with Crippen LogP contribution < -0.4 is 14.8 Å². The molecule has 0 bridgehead atoms. The van der Waals surface area contributed by atoms with Crippen molar-refractivity contribution in [3.8, 4) is 11.5 Å². The summed E-state index contributed by atoms with van der Waals surface area (Å²) in [6.07, 6.45) is 2.85. The number of amides is 1. The number of carbonyl (C=O) groups excluding carboxylic acids is 1. The molecule has 2 aromatic carbocycles. The molecular formula is C22H25N3O6. The van der Waals surface area contributed by atoms with E-state index in [1.54, 1.807) is 7.11 Å². The Balaban J connectivity index is 1.74. The molecule has 1 amide bonds. The van der Waals surface area contributed by atoms with E-state index in [1.165, 1.54) is 24.3 Å². The van der Waals surface area contributed by atoms with Crippen molar-refractivity contribution in [3.05, 3.63) is 69.3 Å². The first-order valence-electron chi connectivity index (χ1n) is 9.67. The maximum Gasteiger partial charge on any atom is 0.270 e. The van der Waals surface area contributed by atoms with Gasteiger partial charge in [-0.2, -0.15) is 0 Å². The van der Waals surface area contributed by atoms with E-state index in [0.717, 1.165) is 11.3 Å². The quantitative estimate of drug-likeness (QED) is 0.392. The van der Waals surface area contributed by atoms with Gasteiger partial charge in [-0.25, -0.2) is 0 Å². The molecule has 3 rings (SSSR count). The summed E-state index contributed by atoms with van der Waals surface area (Å²) in [4.78, 5) is 25.2. The molecule has 1 atom stereocenters. The Hall–Kier alpha value is -3.43. The highest BCUT2D eigenvalue weighted by Gasteiger charge is 2.21. The number of rotatable bonds is 8. The molecule has 1 aliphatic heterocycles. The average molecular weight is 427 g/mol. The predicted molar refractivity (Wildman–Crippen MR) is 115 cm³/mol. The van der Waals surface area contributed by atoms with E-state index in [1.807, 2.05) is 43.3 Å².